The molecule has 5 nitrogen and oxygen atoms in total. The second-order valence-electron chi connectivity index (χ2n) is 8.00. The Labute approximate surface area is 185 Å². The van der Waals surface area contributed by atoms with Crippen molar-refractivity contribution < 1.29 is 27.1 Å². The summed E-state index contributed by atoms with van der Waals surface area (Å²) in [5.74, 6) is -3.16. The van der Waals surface area contributed by atoms with Crippen molar-refractivity contribution in [3.8, 4) is 0 Å². The van der Waals surface area contributed by atoms with Gasteiger partial charge in [0.25, 0.3) is 5.91 Å². The predicted octanol–water partition coefficient (Wildman–Crippen LogP) is 4.83. The highest BCUT2D eigenvalue weighted by molar-refractivity contribution is 7.92. The minimum absolute atomic E-state index is 0.00352. The molecule has 2 N–H and O–H groups in total. The number of aliphatic hydroxyl groups excluding tert-OH is 1. The number of hydrogen-bond donors (Lipinski definition) is 2. The number of anilines is 1. The molecule has 168 valence electrons. The number of carbonyl (C=O) groups excluding carboxylic acids is 1. The number of benzene rings is 2. The average molecular weight is 472 g/mol. The summed E-state index contributed by atoms with van der Waals surface area (Å²) >= 11 is 6.19. The zero-order valence-electron chi connectivity index (χ0n) is 17.1. The van der Waals surface area contributed by atoms with Crippen LogP contribution >= 0.6 is 11.6 Å². The van der Waals surface area contributed by atoms with E-state index in [9.17, 15) is 27.1 Å². The van der Waals surface area contributed by atoms with Gasteiger partial charge in [-0.25, -0.2) is 17.2 Å². The van der Waals surface area contributed by atoms with Gasteiger partial charge in [-0.2, -0.15) is 0 Å². The van der Waals surface area contributed by atoms with Crippen molar-refractivity contribution in [1.29, 1.82) is 0 Å². The minimum Gasteiger partial charge on any atom is -0.393 e. The zero-order valence-corrected chi connectivity index (χ0v) is 18.7. The summed E-state index contributed by atoms with van der Waals surface area (Å²) in [6.07, 6.45) is 0.704. The van der Waals surface area contributed by atoms with Crippen molar-refractivity contribution in [1.82, 2.24) is 0 Å². The fourth-order valence-corrected chi connectivity index (χ4v) is 6.56. The topological polar surface area (TPSA) is 83.5 Å². The van der Waals surface area contributed by atoms with Gasteiger partial charge in [-0.1, -0.05) is 31.9 Å². The number of halogens is 3. The Morgan fingerprint density at radius 2 is 1.87 bits per heavy atom. The van der Waals surface area contributed by atoms with E-state index in [4.69, 9.17) is 11.6 Å². The van der Waals surface area contributed by atoms with Crippen LogP contribution in [-0.4, -0.2) is 30.8 Å². The maximum Gasteiger partial charge on any atom is 0.255 e. The van der Waals surface area contributed by atoms with Crippen LogP contribution < -0.4 is 5.32 Å². The van der Waals surface area contributed by atoms with Crippen LogP contribution in [0.4, 0.5) is 14.5 Å². The molecule has 0 saturated heterocycles. The van der Waals surface area contributed by atoms with Gasteiger partial charge in [-0.05, 0) is 55.0 Å². The lowest BCUT2D eigenvalue weighted by Crippen LogP contribution is -2.41. The molecule has 1 saturated carbocycles. The molecular formula is C22H24ClF2NO4S. The number of sulfone groups is 1. The second kappa shape index (κ2) is 9.22. The average Bonchev–Trinajstić information content (AvgIpc) is 2.72. The highest BCUT2D eigenvalue weighted by Gasteiger charge is 2.40. The van der Waals surface area contributed by atoms with Crippen LogP contribution in [0.5, 0.6) is 0 Å². The molecule has 0 heterocycles. The highest BCUT2D eigenvalue weighted by Crippen LogP contribution is 2.38. The third-order valence-corrected chi connectivity index (χ3v) is 8.56. The van der Waals surface area contributed by atoms with E-state index in [1.54, 1.807) is 0 Å². The van der Waals surface area contributed by atoms with Crippen molar-refractivity contribution in [2.75, 3.05) is 5.32 Å². The van der Waals surface area contributed by atoms with Gasteiger partial charge in [0.15, 0.2) is 21.5 Å². The fraction of sp³-hybridized carbons (Fsp3) is 0.409. The molecule has 2 aromatic rings. The van der Waals surface area contributed by atoms with Gasteiger partial charge in [0, 0.05) is 17.3 Å². The normalized spacial score (nSPS) is 24.1. The van der Waals surface area contributed by atoms with E-state index in [0.717, 1.165) is 12.1 Å². The molecule has 1 aliphatic carbocycles. The first-order valence-electron chi connectivity index (χ1n) is 10.0. The number of nitrogens with one attached hydrogen (secondary N) is 1. The van der Waals surface area contributed by atoms with Gasteiger partial charge in [0.1, 0.15) is 0 Å². The number of rotatable bonds is 5. The quantitative estimate of drug-likeness (QED) is 0.654. The lowest BCUT2D eigenvalue weighted by atomic mass is 9.78. The molecule has 0 aromatic heterocycles. The molecular weight excluding hydrogens is 448 g/mol. The summed E-state index contributed by atoms with van der Waals surface area (Å²) in [6, 6.07) is 6.80. The van der Waals surface area contributed by atoms with Crippen molar-refractivity contribution >= 4 is 33.0 Å². The van der Waals surface area contributed by atoms with Crippen LogP contribution in [-0.2, 0) is 9.84 Å². The van der Waals surface area contributed by atoms with Gasteiger partial charge < -0.3 is 10.4 Å². The van der Waals surface area contributed by atoms with Crippen LogP contribution in [0.3, 0.4) is 0 Å². The smallest absolute Gasteiger partial charge is 0.255 e. The first-order chi connectivity index (χ1) is 14.5. The summed E-state index contributed by atoms with van der Waals surface area (Å²) < 4.78 is 53.2. The molecule has 0 aliphatic heterocycles. The van der Waals surface area contributed by atoms with E-state index in [2.05, 4.69) is 5.32 Å². The molecule has 2 aromatic carbocycles. The van der Waals surface area contributed by atoms with Crippen LogP contribution in [0.15, 0.2) is 41.3 Å². The van der Waals surface area contributed by atoms with Crippen molar-refractivity contribution in [3.05, 3.63) is 58.6 Å². The van der Waals surface area contributed by atoms with Crippen LogP contribution in [0, 0.1) is 23.5 Å². The maximum absolute atomic E-state index is 13.4. The summed E-state index contributed by atoms with van der Waals surface area (Å²) in [7, 11) is -3.87. The number of amides is 1. The van der Waals surface area contributed by atoms with Crippen LogP contribution in [0.25, 0.3) is 0 Å². The Balaban J connectivity index is 1.89. The van der Waals surface area contributed by atoms with E-state index in [1.807, 2.05) is 13.8 Å². The van der Waals surface area contributed by atoms with E-state index in [0.29, 0.717) is 19.3 Å². The number of hydrogen-bond acceptors (Lipinski definition) is 4. The molecule has 4 atom stereocenters. The summed E-state index contributed by atoms with van der Waals surface area (Å²) in [5, 5.41) is 12.0. The van der Waals surface area contributed by atoms with Gasteiger partial charge in [-0.3, -0.25) is 4.79 Å². The molecule has 0 radical (unpaired) electrons. The van der Waals surface area contributed by atoms with Gasteiger partial charge in [0.05, 0.1) is 21.3 Å². The number of aliphatic hydroxyl groups is 1. The second-order valence-corrected chi connectivity index (χ2v) is 10.6. The molecule has 9 heteroatoms. The molecule has 0 bridgehead atoms. The van der Waals surface area contributed by atoms with Crippen molar-refractivity contribution in [3.63, 3.8) is 0 Å². The Morgan fingerprint density at radius 1 is 1.16 bits per heavy atom. The van der Waals surface area contributed by atoms with Crippen molar-refractivity contribution in [2.45, 2.75) is 49.4 Å². The Bertz CT molecular complexity index is 1090. The molecule has 1 aliphatic rings. The lowest BCUT2D eigenvalue weighted by Gasteiger charge is -2.37. The Kier molecular flexibility index (Phi) is 7.03. The van der Waals surface area contributed by atoms with Crippen molar-refractivity contribution in [2.24, 2.45) is 11.8 Å². The Hall–Kier alpha value is -2.03. The van der Waals surface area contributed by atoms with E-state index >= 15 is 0 Å². The van der Waals surface area contributed by atoms with E-state index in [-0.39, 0.29) is 33.0 Å². The van der Waals surface area contributed by atoms with Gasteiger partial charge in [-0.15, -0.1) is 0 Å². The third kappa shape index (κ3) is 4.91. The Morgan fingerprint density at radius 3 is 2.52 bits per heavy atom. The molecule has 3 rings (SSSR count). The standard InChI is InChI=1S/C22H24ClF2NO4S/c1-3-13-9-16(8-12(2)21(13)27)31(29,30)20-10-14(4-6-17(20)23)22(28)26-15-5-7-18(24)19(25)11-15/h4-7,10-13,16,21,27H,3,8-9H2,1-2H3,(H,26,28)/t12-,13+,16-,21-/m0/s1. The number of carbonyl (C=O) groups is 1. The lowest BCUT2D eigenvalue weighted by molar-refractivity contribution is 0.0250. The first-order valence-corrected chi connectivity index (χ1v) is 11.9. The van der Waals surface area contributed by atoms with Crippen LogP contribution in [0.2, 0.25) is 5.02 Å². The summed E-state index contributed by atoms with van der Waals surface area (Å²) in [4.78, 5) is 12.4. The van der Waals surface area contributed by atoms with Crippen LogP contribution in [0.1, 0.15) is 43.5 Å². The fourth-order valence-electron chi connectivity index (χ4n) is 4.07. The summed E-state index contributed by atoms with van der Waals surface area (Å²) in [6.45, 7) is 3.73. The van der Waals surface area contributed by atoms with Gasteiger partial charge >= 0.3 is 0 Å². The SMILES string of the molecule is CC[C@@H]1C[C@@H](S(=O)(=O)c2cc(C(=O)Nc3ccc(F)c(F)c3)ccc2Cl)C[C@H](C)[C@@H]1O. The van der Waals surface area contributed by atoms with E-state index in [1.165, 1.54) is 24.3 Å². The molecule has 1 amide bonds. The molecule has 0 spiro atoms. The zero-order chi connectivity index (χ0) is 22.9. The highest BCUT2D eigenvalue weighted by atomic mass is 35.5. The maximum atomic E-state index is 13.4. The molecule has 0 unspecified atom stereocenters. The van der Waals surface area contributed by atoms with Gasteiger partial charge in [0.2, 0.25) is 0 Å². The molecule has 1 fully saturated rings. The third-order valence-electron chi connectivity index (χ3n) is 5.91. The molecule has 31 heavy (non-hydrogen) atoms. The summed E-state index contributed by atoms with van der Waals surface area (Å²) in [5.41, 5.74) is 0.0489. The van der Waals surface area contributed by atoms with E-state index < -0.39 is 38.7 Å². The predicted molar refractivity (Wildman–Crippen MR) is 115 cm³/mol. The minimum atomic E-state index is -3.87. The largest absolute Gasteiger partial charge is 0.393 e. The monoisotopic (exact) mass is 471 g/mol. The first kappa shape index (κ1) is 23.6.